The Labute approximate surface area is 120 Å². The van der Waals surface area contributed by atoms with Crippen molar-refractivity contribution < 1.29 is 14.7 Å². The van der Waals surface area contributed by atoms with Crippen LogP contribution in [0.25, 0.3) is 0 Å². The Balaban J connectivity index is 3.07. The molecule has 0 bridgehead atoms. The molecule has 0 aliphatic carbocycles. The van der Waals surface area contributed by atoms with Gasteiger partial charge in [-0.15, -0.1) is 0 Å². The van der Waals surface area contributed by atoms with Crippen LogP contribution < -0.4 is 10.6 Å². The third-order valence-electron chi connectivity index (χ3n) is 2.48. The third kappa shape index (κ3) is 4.55. The average Bonchev–Trinajstić information content (AvgIpc) is 2.26. The lowest BCUT2D eigenvalue weighted by Gasteiger charge is -2.26. The largest absolute Gasteiger partial charge is 0.480 e. The fourth-order valence-electron chi connectivity index (χ4n) is 1.77. The van der Waals surface area contributed by atoms with E-state index in [2.05, 4.69) is 15.9 Å². The molecule has 6 heteroatoms. The summed E-state index contributed by atoms with van der Waals surface area (Å²) in [5.41, 5.74) is 6.32. The maximum absolute atomic E-state index is 11.1. The predicted octanol–water partition coefficient (Wildman–Crippen LogP) is 2.09. The lowest BCUT2D eigenvalue weighted by atomic mass is 10.1. The fourth-order valence-corrected chi connectivity index (χ4v) is 2.40. The van der Waals surface area contributed by atoms with Crippen molar-refractivity contribution in [2.75, 3.05) is 18.0 Å². The average molecular weight is 329 g/mol. The van der Waals surface area contributed by atoms with Gasteiger partial charge in [0.2, 0.25) is 5.91 Å². The van der Waals surface area contributed by atoms with Crippen LogP contribution >= 0.6 is 15.9 Å². The van der Waals surface area contributed by atoms with Gasteiger partial charge in [-0.3, -0.25) is 9.59 Å². The molecule has 0 spiro atoms. The highest BCUT2D eigenvalue weighted by Gasteiger charge is 2.16. The van der Waals surface area contributed by atoms with Gasteiger partial charge in [0.15, 0.2) is 0 Å². The second-order valence-corrected chi connectivity index (χ2v) is 5.55. The van der Waals surface area contributed by atoms with Gasteiger partial charge in [0.05, 0.1) is 5.69 Å². The van der Waals surface area contributed by atoms with Crippen LogP contribution in [0.2, 0.25) is 0 Å². The Hall–Kier alpha value is -1.56. The first-order chi connectivity index (χ1) is 8.81. The summed E-state index contributed by atoms with van der Waals surface area (Å²) in [6, 6.07) is 4.90. The Morgan fingerprint density at radius 3 is 2.47 bits per heavy atom. The van der Waals surface area contributed by atoms with E-state index < -0.39 is 11.9 Å². The molecule has 5 nitrogen and oxygen atoms in total. The fraction of sp³-hybridized carbons (Fsp3) is 0.385. The van der Waals surface area contributed by atoms with Gasteiger partial charge < -0.3 is 15.7 Å². The van der Waals surface area contributed by atoms with Gasteiger partial charge in [-0.2, -0.15) is 0 Å². The summed E-state index contributed by atoms with van der Waals surface area (Å²) in [6.45, 7) is 4.55. The first-order valence-electron chi connectivity index (χ1n) is 5.87. The smallest absolute Gasteiger partial charge is 0.323 e. The van der Waals surface area contributed by atoms with Crippen molar-refractivity contribution in [2.24, 2.45) is 11.7 Å². The van der Waals surface area contributed by atoms with Crippen LogP contribution in [0.15, 0.2) is 22.7 Å². The van der Waals surface area contributed by atoms with Crippen molar-refractivity contribution in [2.45, 2.75) is 13.8 Å². The number of aliphatic carboxylic acids is 1. The number of anilines is 1. The minimum atomic E-state index is -0.897. The summed E-state index contributed by atoms with van der Waals surface area (Å²) in [7, 11) is 0. The number of benzene rings is 1. The third-order valence-corrected chi connectivity index (χ3v) is 3.12. The molecule has 1 aromatic rings. The summed E-state index contributed by atoms with van der Waals surface area (Å²) < 4.78 is 0.658. The molecule has 0 fully saturated rings. The molecule has 0 aromatic heterocycles. The van der Waals surface area contributed by atoms with E-state index in [9.17, 15) is 9.59 Å². The maximum atomic E-state index is 11.1. The molecule has 1 aromatic carbocycles. The second-order valence-electron chi connectivity index (χ2n) is 4.70. The summed E-state index contributed by atoms with van der Waals surface area (Å²) in [5.74, 6) is -1.09. The molecule has 0 saturated heterocycles. The standard InChI is InChI=1S/C13H17BrN2O3/c1-8(2)6-16(7-12(17)18)11-4-3-9(13(15)19)5-10(11)14/h3-5,8H,6-7H2,1-2H3,(H2,15,19)(H,17,18). The van der Waals surface area contributed by atoms with E-state index in [0.717, 1.165) is 5.69 Å². The number of carboxylic acids is 1. The Morgan fingerprint density at radius 1 is 1.42 bits per heavy atom. The van der Waals surface area contributed by atoms with Gasteiger partial charge in [-0.25, -0.2) is 0 Å². The number of amides is 1. The van der Waals surface area contributed by atoms with Crippen LogP contribution in [-0.4, -0.2) is 30.1 Å². The molecular weight excluding hydrogens is 312 g/mol. The highest BCUT2D eigenvalue weighted by Crippen LogP contribution is 2.28. The molecule has 0 aliphatic rings. The number of hydrogen-bond acceptors (Lipinski definition) is 3. The van der Waals surface area contributed by atoms with Gasteiger partial charge in [0.25, 0.3) is 0 Å². The molecule has 1 amide bonds. The maximum Gasteiger partial charge on any atom is 0.323 e. The summed E-state index contributed by atoms with van der Waals surface area (Å²) in [5, 5.41) is 8.96. The van der Waals surface area contributed by atoms with E-state index >= 15 is 0 Å². The minimum absolute atomic E-state index is 0.0906. The Kier molecular flexibility index (Phi) is 5.35. The van der Waals surface area contributed by atoms with Crippen molar-refractivity contribution in [3.05, 3.63) is 28.2 Å². The van der Waals surface area contributed by atoms with E-state index in [0.29, 0.717) is 22.5 Å². The number of hydrogen-bond donors (Lipinski definition) is 2. The molecule has 0 aliphatic heterocycles. The number of halogens is 1. The zero-order valence-corrected chi connectivity index (χ0v) is 12.5. The SMILES string of the molecule is CC(C)CN(CC(=O)O)c1ccc(C(N)=O)cc1Br. The van der Waals surface area contributed by atoms with E-state index in [4.69, 9.17) is 10.8 Å². The van der Waals surface area contributed by atoms with E-state index in [1.165, 1.54) is 0 Å². The predicted molar refractivity (Wildman–Crippen MR) is 77.3 cm³/mol. The van der Waals surface area contributed by atoms with Crippen molar-refractivity contribution in [3.63, 3.8) is 0 Å². The van der Waals surface area contributed by atoms with Crippen molar-refractivity contribution >= 4 is 33.5 Å². The molecule has 3 N–H and O–H groups in total. The van der Waals surface area contributed by atoms with Gasteiger partial charge in [0, 0.05) is 16.6 Å². The van der Waals surface area contributed by atoms with Gasteiger partial charge in [-0.05, 0) is 40.0 Å². The molecule has 1 rings (SSSR count). The molecule has 0 heterocycles. The summed E-state index contributed by atoms with van der Waals surface area (Å²) in [6.07, 6.45) is 0. The number of rotatable bonds is 6. The second kappa shape index (κ2) is 6.56. The summed E-state index contributed by atoms with van der Waals surface area (Å²) in [4.78, 5) is 23.8. The topological polar surface area (TPSA) is 83.6 Å². The molecule has 0 radical (unpaired) electrons. The van der Waals surface area contributed by atoms with Crippen LogP contribution in [0.1, 0.15) is 24.2 Å². The monoisotopic (exact) mass is 328 g/mol. The quantitative estimate of drug-likeness (QED) is 0.837. The first-order valence-corrected chi connectivity index (χ1v) is 6.66. The molecule has 0 atom stereocenters. The molecule has 0 unspecified atom stereocenters. The van der Waals surface area contributed by atoms with Gasteiger partial charge in [0.1, 0.15) is 6.54 Å². The molecule has 19 heavy (non-hydrogen) atoms. The van der Waals surface area contributed by atoms with E-state index in [-0.39, 0.29) is 6.54 Å². The van der Waals surface area contributed by atoms with Crippen LogP contribution in [-0.2, 0) is 4.79 Å². The number of primary amides is 1. The minimum Gasteiger partial charge on any atom is -0.480 e. The van der Waals surface area contributed by atoms with Crippen LogP contribution in [0.4, 0.5) is 5.69 Å². The van der Waals surface area contributed by atoms with Crippen molar-refractivity contribution in [1.29, 1.82) is 0 Å². The first kappa shape index (κ1) is 15.5. The highest BCUT2D eigenvalue weighted by atomic mass is 79.9. The van der Waals surface area contributed by atoms with Crippen LogP contribution in [0.5, 0.6) is 0 Å². The van der Waals surface area contributed by atoms with Gasteiger partial charge >= 0.3 is 5.97 Å². The Morgan fingerprint density at radius 2 is 2.05 bits per heavy atom. The van der Waals surface area contributed by atoms with Crippen LogP contribution in [0, 0.1) is 5.92 Å². The number of carbonyl (C=O) groups is 2. The summed E-state index contributed by atoms with van der Waals surface area (Å²) >= 11 is 3.35. The van der Waals surface area contributed by atoms with Crippen molar-refractivity contribution in [3.8, 4) is 0 Å². The van der Waals surface area contributed by atoms with Crippen molar-refractivity contribution in [1.82, 2.24) is 0 Å². The zero-order valence-electron chi connectivity index (χ0n) is 10.9. The number of carboxylic acid groups (broad SMARTS) is 1. The number of nitrogens with zero attached hydrogens (tertiary/aromatic N) is 1. The molecular formula is C13H17BrN2O3. The van der Waals surface area contributed by atoms with Gasteiger partial charge in [-0.1, -0.05) is 13.8 Å². The van der Waals surface area contributed by atoms with E-state index in [1.54, 1.807) is 23.1 Å². The lowest BCUT2D eigenvalue weighted by Crippen LogP contribution is -2.33. The molecule has 0 saturated carbocycles. The van der Waals surface area contributed by atoms with Crippen LogP contribution in [0.3, 0.4) is 0 Å². The number of nitrogens with two attached hydrogens (primary N) is 1. The zero-order chi connectivity index (χ0) is 14.6. The van der Waals surface area contributed by atoms with E-state index in [1.807, 2.05) is 13.8 Å². The normalized spacial score (nSPS) is 10.5. The Bertz CT molecular complexity index is 489. The highest BCUT2D eigenvalue weighted by molar-refractivity contribution is 9.10. The lowest BCUT2D eigenvalue weighted by molar-refractivity contribution is -0.135. The number of carbonyl (C=O) groups excluding carboxylic acids is 1. The molecule has 104 valence electrons.